The molecule has 0 bridgehead atoms. The molecule has 1 aliphatic rings. The first-order valence-electron chi connectivity index (χ1n) is 6.47. The largest absolute Gasteiger partial charge is 0.334 e. The van der Waals surface area contributed by atoms with Gasteiger partial charge in [-0.05, 0) is 43.5 Å². The first-order chi connectivity index (χ1) is 9.07. The summed E-state index contributed by atoms with van der Waals surface area (Å²) in [5.41, 5.74) is 8.01. The molecular formula is C14H16BrN3O. The van der Waals surface area contributed by atoms with Gasteiger partial charge in [0.2, 0.25) is 0 Å². The minimum Gasteiger partial charge on any atom is -0.334 e. The minimum absolute atomic E-state index is 0.400. The van der Waals surface area contributed by atoms with E-state index >= 15 is 0 Å². The van der Waals surface area contributed by atoms with Gasteiger partial charge in [-0.2, -0.15) is 4.98 Å². The molecule has 0 aliphatic heterocycles. The van der Waals surface area contributed by atoms with Crippen molar-refractivity contribution in [2.24, 2.45) is 5.73 Å². The summed E-state index contributed by atoms with van der Waals surface area (Å²) in [5, 5.41) is 4.08. The molecule has 1 aromatic heterocycles. The van der Waals surface area contributed by atoms with E-state index in [2.05, 4.69) is 26.1 Å². The average molecular weight is 322 g/mol. The fourth-order valence-electron chi connectivity index (χ4n) is 2.63. The monoisotopic (exact) mass is 321 g/mol. The van der Waals surface area contributed by atoms with Crippen LogP contribution in [0.2, 0.25) is 0 Å². The number of aromatic nitrogens is 2. The van der Waals surface area contributed by atoms with E-state index in [9.17, 15) is 0 Å². The standard InChI is InChI=1S/C14H16BrN3O/c1-9-6-10(8-11(15)7-9)12-17-13(18-19-12)14(16)4-2-3-5-14/h6-8H,2-5,16H2,1H3. The van der Waals surface area contributed by atoms with Crippen LogP contribution in [0.5, 0.6) is 0 Å². The molecule has 19 heavy (non-hydrogen) atoms. The van der Waals surface area contributed by atoms with Crippen LogP contribution < -0.4 is 5.73 Å². The number of nitrogens with zero attached hydrogens (tertiary/aromatic N) is 2. The predicted molar refractivity (Wildman–Crippen MR) is 76.5 cm³/mol. The van der Waals surface area contributed by atoms with Crippen molar-refractivity contribution < 1.29 is 4.52 Å². The Balaban J connectivity index is 1.96. The topological polar surface area (TPSA) is 64.9 Å². The quantitative estimate of drug-likeness (QED) is 0.918. The van der Waals surface area contributed by atoms with E-state index in [1.807, 2.05) is 25.1 Å². The lowest BCUT2D eigenvalue weighted by Crippen LogP contribution is -2.34. The predicted octanol–water partition coefficient (Wildman–Crippen LogP) is 3.54. The lowest BCUT2D eigenvalue weighted by Gasteiger charge is -2.17. The van der Waals surface area contributed by atoms with E-state index in [-0.39, 0.29) is 0 Å². The molecule has 1 aliphatic carbocycles. The van der Waals surface area contributed by atoms with Crippen LogP contribution in [-0.2, 0) is 5.54 Å². The zero-order valence-corrected chi connectivity index (χ0v) is 12.4. The number of aryl methyl sites for hydroxylation is 1. The molecule has 1 aromatic carbocycles. The number of rotatable bonds is 2. The van der Waals surface area contributed by atoms with Gasteiger partial charge in [0, 0.05) is 10.0 Å². The molecule has 1 fully saturated rings. The highest BCUT2D eigenvalue weighted by molar-refractivity contribution is 9.10. The van der Waals surface area contributed by atoms with E-state index in [1.165, 1.54) is 0 Å². The third-order valence-electron chi connectivity index (χ3n) is 3.66. The molecule has 100 valence electrons. The first kappa shape index (κ1) is 12.8. The van der Waals surface area contributed by atoms with E-state index in [0.29, 0.717) is 11.7 Å². The maximum atomic E-state index is 6.34. The molecule has 0 atom stereocenters. The van der Waals surface area contributed by atoms with Crippen molar-refractivity contribution in [3.63, 3.8) is 0 Å². The molecule has 2 aromatic rings. The summed E-state index contributed by atoms with van der Waals surface area (Å²) < 4.78 is 6.38. The summed E-state index contributed by atoms with van der Waals surface area (Å²) in [6.45, 7) is 2.03. The molecule has 0 saturated heterocycles. The van der Waals surface area contributed by atoms with Crippen LogP contribution in [0.15, 0.2) is 27.2 Å². The lowest BCUT2D eigenvalue weighted by atomic mass is 9.98. The zero-order chi connectivity index (χ0) is 13.5. The Morgan fingerprint density at radius 1 is 1.26 bits per heavy atom. The van der Waals surface area contributed by atoms with E-state index in [4.69, 9.17) is 10.3 Å². The van der Waals surface area contributed by atoms with Gasteiger partial charge in [0.15, 0.2) is 5.82 Å². The molecule has 1 saturated carbocycles. The third kappa shape index (κ3) is 2.44. The zero-order valence-electron chi connectivity index (χ0n) is 10.8. The first-order valence-corrected chi connectivity index (χ1v) is 7.27. The van der Waals surface area contributed by atoms with Crippen molar-refractivity contribution in [2.45, 2.75) is 38.1 Å². The highest BCUT2D eigenvalue weighted by Gasteiger charge is 2.36. The summed E-state index contributed by atoms with van der Waals surface area (Å²) in [6, 6.07) is 6.05. The third-order valence-corrected chi connectivity index (χ3v) is 4.11. The Kier molecular flexibility index (Phi) is 3.19. The van der Waals surface area contributed by atoms with Gasteiger partial charge in [-0.25, -0.2) is 0 Å². The SMILES string of the molecule is Cc1cc(Br)cc(-c2nc(C3(N)CCCC3)no2)c1. The second-order valence-electron chi connectivity index (χ2n) is 5.30. The summed E-state index contributed by atoms with van der Waals surface area (Å²) in [4.78, 5) is 4.49. The molecule has 1 heterocycles. The van der Waals surface area contributed by atoms with E-state index in [1.54, 1.807) is 0 Å². The van der Waals surface area contributed by atoms with E-state index < -0.39 is 5.54 Å². The molecule has 0 radical (unpaired) electrons. The van der Waals surface area contributed by atoms with Gasteiger partial charge >= 0.3 is 0 Å². The summed E-state index contributed by atoms with van der Waals surface area (Å²) >= 11 is 3.48. The van der Waals surface area contributed by atoms with Crippen LogP contribution in [0.25, 0.3) is 11.5 Å². The smallest absolute Gasteiger partial charge is 0.258 e. The van der Waals surface area contributed by atoms with Gasteiger partial charge in [-0.3, -0.25) is 0 Å². The maximum Gasteiger partial charge on any atom is 0.258 e. The fourth-order valence-corrected chi connectivity index (χ4v) is 3.24. The number of nitrogens with two attached hydrogens (primary N) is 1. The summed E-state index contributed by atoms with van der Waals surface area (Å²) in [7, 11) is 0. The van der Waals surface area contributed by atoms with Crippen molar-refractivity contribution >= 4 is 15.9 Å². The van der Waals surface area contributed by atoms with Crippen LogP contribution in [0.1, 0.15) is 37.1 Å². The Hall–Kier alpha value is -1.20. The maximum absolute atomic E-state index is 6.34. The lowest BCUT2D eigenvalue weighted by molar-refractivity contribution is 0.372. The fraction of sp³-hybridized carbons (Fsp3) is 0.429. The second kappa shape index (κ2) is 4.72. The van der Waals surface area contributed by atoms with Crippen molar-refractivity contribution in [3.05, 3.63) is 34.1 Å². The van der Waals surface area contributed by atoms with Crippen molar-refractivity contribution in [2.75, 3.05) is 0 Å². The normalized spacial score (nSPS) is 17.8. The van der Waals surface area contributed by atoms with Crippen LogP contribution in [0, 0.1) is 6.92 Å². The molecule has 2 N–H and O–H groups in total. The average Bonchev–Trinajstić information content (AvgIpc) is 2.96. The Bertz CT molecular complexity index is 582. The van der Waals surface area contributed by atoms with Gasteiger partial charge in [-0.15, -0.1) is 0 Å². The van der Waals surface area contributed by atoms with Gasteiger partial charge < -0.3 is 10.3 Å². The number of benzene rings is 1. The Labute approximate surface area is 120 Å². The molecule has 0 spiro atoms. The number of halogens is 1. The molecule has 0 amide bonds. The number of hydrogen-bond acceptors (Lipinski definition) is 4. The summed E-state index contributed by atoms with van der Waals surface area (Å²) in [6.07, 6.45) is 4.14. The van der Waals surface area contributed by atoms with Gasteiger partial charge in [0.05, 0.1) is 5.54 Å². The second-order valence-corrected chi connectivity index (χ2v) is 6.22. The molecule has 3 rings (SSSR count). The Morgan fingerprint density at radius 3 is 2.68 bits per heavy atom. The molecular weight excluding hydrogens is 306 g/mol. The van der Waals surface area contributed by atoms with Crippen molar-refractivity contribution in [1.29, 1.82) is 0 Å². The van der Waals surface area contributed by atoms with Gasteiger partial charge in [0.25, 0.3) is 5.89 Å². The minimum atomic E-state index is -0.400. The van der Waals surface area contributed by atoms with Crippen molar-refractivity contribution in [3.8, 4) is 11.5 Å². The van der Waals surface area contributed by atoms with Crippen molar-refractivity contribution in [1.82, 2.24) is 10.1 Å². The van der Waals surface area contributed by atoms with Crippen LogP contribution in [0.3, 0.4) is 0 Å². The highest BCUT2D eigenvalue weighted by Crippen LogP contribution is 2.35. The van der Waals surface area contributed by atoms with Gasteiger partial charge in [-0.1, -0.05) is 33.9 Å². The number of hydrogen-bond donors (Lipinski definition) is 1. The van der Waals surface area contributed by atoms with Crippen LogP contribution in [0.4, 0.5) is 0 Å². The van der Waals surface area contributed by atoms with Gasteiger partial charge in [0.1, 0.15) is 0 Å². The van der Waals surface area contributed by atoms with Crippen LogP contribution >= 0.6 is 15.9 Å². The summed E-state index contributed by atoms with van der Waals surface area (Å²) in [5.74, 6) is 1.17. The van der Waals surface area contributed by atoms with E-state index in [0.717, 1.165) is 41.3 Å². The molecule has 0 unspecified atom stereocenters. The molecule has 4 nitrogen and oxygen atoms in total. The highest BCUT2D eigenvalue weighted by atomic mass is 79.9. The van der Waals surface area contributed by atoms with Crippen LogP contribution in [-0.4, -0.2) is 10.1 Å². The molecule has 5 heteroatoms. The Morgan fingerprint density at radius 2 is 2.00 bits per heavy atom.